The summed E-state index contributed by atoms with van der Waals surface area (Å²) in [6.45, 7) is 1.26. The van der Waals surface area contributed by atoms with Crippen molar-refractivity contribution in [3.8, 4) is 0 Å². The van der Waals surface area contributed by atoms with Crippen molar-refractivity contribution in [2.45, 2.75) is 6.10 Å². The molecule has 0 unspecified atom stereocenters. The molecule has 1 fully saturated rings. The molecule has 0 aliphatic carbocycles. The maximum Gasteiger partial charge on any atom is 0.210 e. The Morgan fingerprint density at radius 1 is 1.71 bits per heavy atom. The summed E-state index contributed by atoms with van der Waals surface area (Å²) in [4.78, 5) is 11.4. The van der Waals surface area contributed by atoms with Crippen LogP contribution in [0.25, 0.3) is 0 Å². The molecule has 0 aromatic carbocycles. The number of nitrogens with zero attached hydrogens (tertiary/aromatic N) is 1. The third-order valence-corrected chi connectivity index (χ3v) is 1.06. The van der Waals surface area contributed by atoms with Gasteiger partial charge in [0.15, 0.2) is 6.10 Å². The second-order valence-electron chi connectivity index (χ2n) is 1.76. The van der Waals surface area contributed by atoms with E-state index < -0.39 is 0 Å². The van der Waals surface area contributed by atoms with Crippen LogP contribution in [0.4, 0.5) is 0 Å². The summed E-state index contributed by atoms with van der Waals surface area (Å²) in [6.07, 6.45) is 0.774. The first-order valence-electron chi connectivity index (χ1n) is 2.23. The fourth-order valence-corrected chi connectivity index (χ4v) is 0.599. The van der Waals surface area contributed by atoms with Gasteiger partial charge in [-0.15, -0.1) is 0 Å². The second kappa shape index (κ2) is 1.50. The molecule has 40 valence electrons. The van der Waals surface area contributed by atoms with Crippen molar-refractivity contribution in [1.82, 2.24) is 4.90 Å². The fraction of sp³-hybridized carbons (Fsp3) is 0.750. The Morgan fingerprint density at radius 3 is 2.43 bits per heavy atom. The Bertz CT molecular complexity index is 77.8. The molecule has 1 amide bonds. The molecule has 1 aliphatic heterocycles. The molecule has 0 bridgehead atoms. The summed E-state index contributed by atoms with van der Waals surface area (Å²) in [7, 11) is 0. The lowest BCUT2D eigenvalue weighted by molar-refractivity contribution is -0.127. The van der Waals surface area contributed by atoms with Gasteiger partial charge < -0.3 is 10.0 Å². The van der Waals surface area contributed by atoms with E-state index in [1.165, 1.54) is 0 Å². The monoisotopic (exact) mass is 102 g/mol. The SMILES string of the molecule is O=CN1CC([OH2+])C1. The molecule has 0 saturated carbocycles. The number of amides is 1. The van der Waals surface area contributed by atoms with E-state index in [2.05, 4.69) is 0 Å². The topological polar surface area (TPSA) is 43.2 Å². The zero-order valence-electron chi connectivity index (χ0n) is 3.92. The van der Waals surface area contributed by atoms with E-state index in [0.717, 1.165) is 6.41 Å². The normalized spacial score (nSPS) is 21.6. The van der Waals surface area contributed by atoms with Crippen LogP contribution in [-0.2, 0) is 4.79 Å². The van der Waals surface area contributed by atoms with Gasteiger partial charge in [-0.05, 0) is 0 Å². The van der Waals surface area contributed by atoms with Gasteiger partial charge in [-0.25, -0.2) is 0 Å². The minimum Gasteiger partial charge on any atom is -0.441 e. The molecule has 0 atom stereocenters. The van der Waals surface area contributed by atoms with E-state index in [-0.39, 0.29) is 6.10 Å². The largest absolute Gasteiger partial charge is 0.441 e. The zero-order chi connectivity index (χ0) is 5.28. The first-order valence-corrected chi connectivity index (χ1v) is 2.23. The minimum atomic E-state index is -0.00907. The molecule has 0 aromatic heterocycles. The molecule has 7 heavy (non-hydrogen) atoms. The minimum absolute atomic E-state index is 0.00907. The van der Waals surface area contributed by atoms with Crippen molar-refractivity contribution < 1.29 is 9.90 Å². The molecular weight excluding hydrogens is 94.0 g/mol. The molecule has 1 saturated heterocycles. The van der Waals surface area contributed by atoms with Crippen LogP contribution >= 0.6 is 0 Å². The van der Waals surface area contributed by atoms with Crippen LogP contribution in [0.5, 0.6) is 0 Å². The van der Waals surface area contributed by atoms with Crippen LogP contribution in [0.1, 0.15) is 0 Å². The van der Waals surface area contributed by atoms with Gasteiger partial charge in [0.1, 0.15) is 0 Å². The van der Waals surface area contributed by atoms with Crippen LogP contribution in [0.3, 0.4) is 0 Å². The van der Waals surface area contributed by atoms with Gasteiger partial charge >= 0.3 is 0 Å². The number of hydrogen-bond donors (Lipinski definition) is 0. The van der Waals surface area contributed by atoms with Gasteiger partial charge in [-0.2, -0.15) is 0 Å². The van der Waals surface area contributed by atoms with Gasteiger partial charge in [0.25, 0.3) is 0 Å². The number of carbonyl (C=O) groups is 1. The molecular formula is C4H8NO2+. The molecule has 1 heterocycles. The van der Waals surface area contributed by atoms with Gasteiger partial charge in [-0.3, -0.25) is 4.79 Å². The van der Waals surface area contributed by atoms with Crippen molar-refractivity contribution in [2.75, 3.05) is 13.1 Å². The Kier molecular flexibility index (Phi) is 0.982. The Hall–Kier alpha value is -0.570. The Balaban J connectivity index is 2.17. The van der Waals surface area contributed by atoms with Crippen molar-refractivity contribution in [3.05, 3.63) is 0 Å². The molecule has 0 aromatic rings. The van der Waals surface area contributed by atoms with E-state index in [4.69, 9.17) is 5.11 Å². The highest BCUT2D eigenvalue weighted by atomic mass is 16.3. The molecule has 0 radical (unpaired) electrons. The number of rotatable bonds is 1. The summed E-state index contributed by atoms with van der Waals surface area (Å²) < 4.78 is 0. The predicted molar refractivity (Wildman–Crippen MR) is 25.0 cm³/mol. The van der Waals surface area contributed by atoms with Crippen LogP contribution in [0, 0.1) is 0 Å². The van der Waals surface area contributed by atoms with Gasteiger partial charge in [0.05, 0.1) is 13.1 Å². The van der Waals surface area contributed by atoms with Crippen molar-refractivity contribution in [1.29, 1.82) is 0 Å². The lowest BCUT2D eigenvalue weighted by Crippen LogP contribution is -2.49. The number of hydrogen-bond acceptors (Lipinski definition) is 1. The van der Waals surface area contributed by atoms with Gasteiger partial charge in [-0.1, -0.05) is 0 Å². The van der Waals surface area contributed by atoms with Crippen molar-refractivity contribution >= 4 is 6.41 Å². The highest BCUT2D eigenvalue weighted by Crippen LogP contribution is 2.01. The Morgan fingerprint density at radius 2 is 2.29 bits per heavy atom. The third-order valence-electron chi connectivity index (χ3n) is 1.06. The maximum absolute atomic E-state index is 9.78. The van der Waals surface area contributed by atoms with Crippen LogP contribution in [-0.4, -0.2) is 35.6 Å². The third kappa shape index (κ3) is 0.718. The molecule has 1 rings (SSSR count). The van der Waals surface area contributed by atoms with Crippen LogP contribution in [0.15, 0.2) is 0 Å². The van der Waals surface area contributed by atoms with Crippen molar-refractivity contribution in [3.63, 3.8) is 0 Å². The van der Waals surface area contributed by atoms with E-state index in [1.807, 2.05) is 0 Å². The summed E-state index contributed by atoms with van der Waals surface area (Å²) in [5, 5.41) is 6.95. The maximum atomic E-state index is 9.78. The first-order chi connectivity index (χ1) is 3.33. The number of likely N-dealkylation sites (tertiary alicyclic amines) is 1. The highest BCUT2D eigenvalue weighted by molar-refractivity contribution is 5.48. The lowest BCUT2D eigenvalue weighted by Gasteiger charge is -2.28. The van der Waals surface area contributed by atoms with Crippen molar-refractivity contribution in [2.24, 2.45) is 0 Å². The van der Waals surface area contributed by atoms with Gasteiger partial charge in [0, 0.05) is 0 Å². The van der Waals surface area contributed by atoms with E-state index in [1.54, 1.807) is 4.90 Å². The summed E-state index contributed by atoms with van der Waals surface area (Å²) >= 11 is 0. The predicted octanol–water partition coefficient (Wildman–Crippen LogP) is -1.45. The zero-order valence-corrected chi connectivity index (χ0v) is 3.92. The summed E-state index contributed by atoms with van der Waals surface area (Å²) in [5.41, 5.74) is 0. The van der Waals surface area contributed by atoms with Crippen LogP contribution in [0.2, 0.25) is 0 Å². The average molecular weight is 102 g/mol. The molecule has 0 spiro atoms. The average Bonchev–Trinajstić information content (AvgIpc) is 1.58. The second-order valence-corrected chi connectivity index (χ2v) is 1.76. The van der Waals surface area contributed by atoms with Gasteiger partial charge in [0.2, 0.25) is 6.41 Å². The Labute approximate surface area is 41.5 Å². The lowest BCUT2D eigenvalue weighted by atomic mass is 10.2. The first kappa shape index (κ1) is 4.59. The van der Waals surface area contributed by atoms with E-state index in [0.29, 0.717) is 13.1 Å². The fourth-order valence-electron chi connectivity index (χ4n) is 0.599. The standard InChI is InChI=1S/C4H7NO2/c6-3-5-1-4(7)2-5/h3-4,7H,1-2H2/p+1. The smallest absolute Gasteiger partial charge is 0.210 e. The molecule has 2 N–H and O–H groups in total. The summed E-state index contributed by atoms with van der Waals surface area (Å²) in [6, 6.07) is 0. The summed E-state index contributed by atoms with van der Waals surface area (Å²) in [5.74, 6) is 0. The highest BCUT2D eigenvalue weighted by Gasteiger charge is 2.26. The molecule has 3 heteroatoms. The van der Waals surface area contributed by atoms with E-state index >= 15 is 0 Å². The molecule has 1 aliphatic rings. The molecule has 3 nitrogen and oxygen atoms in total. The van der Waals surface area contributed by atoms with E-state index in [9.17, 15) is 4.79 Å². The van der Waals surface area contributed by atoms with Crippen LogP contribution < -0.4 is 0 Å². The number of carbonyl (C=O) groups excluding carboxylic acids is 1. The quantitative estimate of drug-likeness (QED) is 0.295.